The molecule has 3 N–H and O–H groups in total. The van der Waals surface area contributed by atoms with Crippen molar-refractivity contribution in [1.29, 1.82) is 0 Å². The number of carboxylic acid groups (broad SMARTS) is 2. The lowest BCUT2D eigenvalue weighted by Crippen LogP contribution is -2.38. The van der Waals surface area contributed by atoms with Gasteiger partial charge in [-0.2, -0.15) is 13.2 Å². The van der Waals surface area contributed by atoms with Gasteiger partial charge in [-0.05, 0) is 18.2 Å². The number of halogens is 5. The van der Waals surface area contributed by atoms with E-state index in [2.05, 4.69) is 20.3 Å². The number of carboxylic acids is 2. The number of rotatable bonds is 4. The van der Waals surface area contributed by atoms with Crippen molar-refractivity contribution >= 4 is 40.8 Å². The number of benzene rings is 1. The number of piperidine rings is 1. The second-order valence-corrected chi connectivity index (χ2v) is 6.82. The minimum atomic E-state index is -5.08. The number of aromatic nitrogens is 3. The molecule has 1 aliphatic heterocycles. The van der Waals surface area contributed by atoms with Crippen LogP contribution in [0.4, 0.5) is 18.9 Å². The van der Waals surface area contributed by atoms with E-state index in [4.69, 9.17) is 42.9 Å². The number of aliphatic carboxylic acids is 1. The van der Waals surface area contributed by atoms with E-state index in [1.807, 2.05) is 12.1 Å². The Labute approximate surface area is 177 Å². The maximum absolute atomic E-state index is 11.0. The number of ether oxygens (including phenoxy) is 1. The highest BCUT2D eigenvalue weighted by molar-refractivity contribution is 6.42. The SMILES string of the molecule is O=C(O)C(F)(F)F.O=C(O)c1[nH]nnc1OC1CCN(c2ccc(Cl)c(Cl)c2)CC1. The molecule has 0 unspecified atom stereocenters. The molecule has 0 aliphatic carbocycles. The highest BCUT2D eigenvalue weighted by Gasteiger charge is 2.38. The lowest BCUT2D eigenvalue weighted by Gasteiger charge is -2.33. The van der Waals surface area contributed by atoms with Crippen molar-refractivity contribution < 1.29 is 37.7 Å². The number of hydrogen-bond donors (Lipinski definition) is 3. The van der Waals surface area contributed by atoms with E-state index in [9.17, 15) is 18.0 Å². The minimum absolute atomic E-state index is 0.0329. The van der Waals surface area contributed by atoms with Crippen LogP contribution in [0, 0.1) is 0 Å². The number of alkyl halides is 3. The second kappa shape index (κ2) is 9.85. The van der Waals surface area contributed by atoms with Gasteiger partial charge in [0.2, 0.25) is 5.69 Å². The molecule has 0 amide bonds. The van der Waals surface area contributed by atoms with E-state index in [0.29, 0.717) is 10.0 Å². The molecule has 30 heavy (non-hydrogen) atoms. The van der Waals surface area contributed by atoms with Crippen molar-refractivity contribution in [2.45, 2.75) is 25.1 Å². The first-order valence-electron chi connectivity index (χ1n) is 8.30. The summed E-state index contributed by atoms with van der Waals surface area (Å²) in [4.78, 5) is 22.1. The fourth-order valence-electron chi connectivity index (χ4n) is 2.51. The van der Waals surface area contributed by atoms with Crippen molar-refractivity contribution in [3.05, 3.63) is 33.9 Å². The Kier molecular flexibility index (Phi) is 7.73. The molecule has 164 valence electrons. The van der Waals surface area contributed by atoms with Gasteiger partial charge in [0.1, 0.15) is 6.10 Å². The van der Waals surface area contributed by atoms with Crippen molar-refractivity contribution in [2.75, 3.05) is 18.0 Å². The molecule has 2 heterocycles. The third-order valence-electron chi connectivity index (χ3n) is 3.96. The number of nitrogens with one attached hydrogen (secondary N) is 1. The quantitative estimate of drug-likeness (QED) is 0.619. The van der Waals surface area contributed by atoms with Crippen LogP contribution in [0.15, 0.2) is 18.2 Å². The van der Waals surface area contributed by atoms with Crippen LogP contribution in [-0.2, 0) is 4.79 Å². The van der Waals surface area contributed by atoms with Gasteiger partial charge >= 0.3 is 18.1 Å². The zero-order chi connectivity index (χ0) is 22.5. The van der Waals surface area contributed by atoms with Crippen LogP contribution < -0.4 is 9.64 Å². The molecule has 0 bridgehead atoms. The first-order valence-corrected chi connectivity index (χ1v) is 9.05. The zero-order valence-electron chi connectivity index (χ0n) is 15.0. The number of H-pyrrole nitrogens is 1. The van der Waals surface area contributed by atoms with Crippen molar-refractivity contribution in [2.24, 2.45) is 0 Å². The van der Waals surface area contributed by atoms with Crippen LogP contribution in [0.25, 0.3) is 0 Å². The maximum Gasteiger partial charge on any atom is 0.490 e. The lowest BCUT2D eigenvalue weighted by atomic mass is 10.1. The average Bonchev–Trinajstić information content (AvgIpc) is 3.13. The maximum atomic E-state index is 11.0. The fraction of sp³-hybridized carbons (Fsp3) is 0.375. The summed E-state index contributed by atoms with van der Waals surface area (Å²) in [5.41, 5.74) is 0.877. The molecule has 1 saturated heterocycles. The molecule has 1 aromatic heterocycles. The Hall–Kier alpha value is -2.73. The van der Waals surface area contributed by atoms with E-state index in [1.165, 1.54) is 0 Å². The number of aromatic amines is 1. The van der Waals surface area contributed by atoms with Crippen LogP contribution in [0.3, 0.4) is 0 Å². The van der Waals surface area contributed by atoms with E-state index in [-0.39, 0.29) is 17.7 Å². The first-order chi connectivity index (χ1) is 14.0. The highest BCUT2D eigenvalue weighted by atomic mass is 35.5. The molecule has 0 radical (unpaired) electrons. The van der Waals surface area contributed by atoms with E-state index in [1.54, 1.807) is 6.07 Å². The summed E-state index contributed by atoms with van der Waals surface area (Å²) >= 11 is 12.0. The molecule has 2 aromatic rings. The molecule has 0 saturated carbocycles. The summed E-state index contributed by atoms with van der Waals surface area (Å²) in [5, 5.41) is 26.6. The van der Waals surface area contributed by atoms with Gasteiger partial charge in [-0.15, -0.1) is 0 Å². The number of aromatic carboxylic acids is 1. The number of carbonyl (C=O) groups is 2. The van der Waals surface area contributed by atoms with Crippen molar-refractivity contribution in [3.63, 3.8) is 0 Å². The molecule has 3 rings (SSSR count). The van der Waals surface area contributed by atoms with E-state index >= 15 is 0 Å². The van der Waals surface area contributed by atoms with E-state index < -0.39 is 18.1 Å². The molecule has 14 heteroatoms. The van der Waals surface area contributed by atoms with Gasteiger partial charge in [0, 0.05) is 31.6 Å². The molecule has 1 fully saturated rings. The topological polar surface area (TPSA) is 129 Å². The highest BCUT2D eigenvalue weighted by Crippen LogP contribution is 2.29. The average molecular weight is 471 g/mol. The smallest absolute Gasteiger partial charge is 0.476 e. The van der Waals surface area contributed by atoms with Gasteiger partial charge in [-0.3, -0.25) is 0 Å². The molecular formula is C16H15Cl2F3N4O5. The standard InChI is InChI=1S/C14H14Cl2N4O3.C2HF3O2/c15-10-2-1-8(7-11(10)16)20-5-3-9(4-6-20)23-13-12(14(21)22)17-19-18-13;3-2(4,5)1(6)7/h1-2,7,9H,3-6H2,(H,21,22)(H,17,18,19);(H,6,7). The summed E-state index contributed by atoms with van der Waals surface area (Å²) in [6, 6.07) is 5.54. The Bertz CT molecular complexity index is 901. The van der Waals surface area contributed by atoms with Crippen LogP contribution in [0.1, 0.15) is 23.3 Å². The van der Waals surface area contributed by atoms with Crippen LogP contribution in [0.5, 0.6) is 5.88 Å². The Morgan fingerprint density at radius 3 is 2.27 bits per heavy atom. The van der Waals surface area contributed by atoms with Crippen LogP contribution in [-0.4, -0.2) is 62.9 Å². The zero-order valence-corrected chi connectivity index (χ0v) is 16.5. The molecule has 1 aliphatic rings. The monoisotopic (exact) mass is 470 g/mol. The Morgan fingerprint density at radius 1 is 1.17 bits per heavy atom. The first kappa shape index (κ1) is 23.5. The fourth-order valence-corrected chi connectivity index (χ4v) is 2.80. The van der Waals surface area contributed by atoms with Gasteiger partial charge in [-0.1, -0.05) is 33.5 Å². The normalized spacial score (nSPS) is 14.6. The molecule has 0 spiro atoms. The number of anilines is 1. The van der Waals surface area contributed by atoms with Gasteiger partial charge in [-0.25, -0.2) is 14.7 Å². The largest absolute Gasteiger partial charge is 0.490 e. The number of nitrogens with zero attached hydrogens (tertiary/aromatic N) is 3. The number of hydrogen-bond acceptors (Lipinski definition) is 6. The summed E-state index contributed by atoms with van der Waals surface area (Å²) in [6.07, 6.45) is -3.70. The summed E-state index contributed by atoms with van der Waals surface area (Å²) < 4.78 is 37.4. The van der Waals surface area contributed by atoms with Crippen LogP contribution in [0.2, 0.25) is 10.0 Å². The van der Waals surface area contributed by atoms with Crippen molar-refractivity contribution in [1.82, 2.24) is 15.4 Å². The summed E-state index contributed by atoms with van der Waals surface area (Å²) in [5.74, 6) is -3.86. The van der Waals surface area contributed by atoms with Crippen LogP contribution >= 0.6 is 23.2 Å². The summed E-state index contributed by atoms with van der Waals surface area (Å²) in [7, 11) is 0. The third-order valence-corrected chi connectivity index (χ3v) is 4.70. The minimum Gasteiger partial charge on any atom is -0.476 e. The third kappa shape index (κ3) is 6.39. The second-order valence-electron chi connectivity index (χ2n) is 6.00. The van der Waals surface area contributed by atoms with Gasteiger partial charge in [0.15, 0.2) is 0 Å². The summed E-state index contributed by atoms with van der Waals surface area (Å²) in [6.45, 7) is 1.53. The van der Waals surface area contributed by atoms with Gasteiger partial charge in [0.25, 0.3) is 5.88 Å². The van der Waals surface area contributed by atoms with Gasteiger partial charge in [0.05, 0.1) is 10.0 Å². The van der Waals surface area contributed by atoms with Crippen molar-refractivity contribution in [3.8, 4) is 5.88 Å². The lowest BCUT2D eigenvalue weighted by molar-refractivity contribution is -0.192. The van der Waals surface area contributed by atoms with E-state index in [0.717, 1.165) is 31.6 Å². The molecule has 9 nitrogen and oxygen atoms in total. The van der Waals surface area contributed by atoms with Gasteiger partial charge < -0.3 is 19.8 Å². The Morgan fingerprint density at radius 2 is 1.77 bits per heavy atom. The molecule has 0 atom stereocenters. The molecule has 1 aromatic carbocycles. The molecular weight excluding hydrogens is 456 g/mol. The Balaban J connectivity index is 0.000000396. The predicted octanol–water partition coefficient (Wildman–Crippen LogP) is 3.49. The predicted molar refractivity (Wildman–Crippen MR) is 99.4 cm³/mol.